The molecule has 1 fully saturated rings. The monoisotopic (exact) mass is 290 g/mol. The van der Waals surface area contributed by atoms with Crippen LogP contribution in [0.5, 0.6) is 0 Å². The number of fused-ring (bicyclic) bond motifs is 1. The molecule has 4 nitrogen and oxygen atoms in total. The lowest BCUT2D eigenvalue weighted by atomic mass is 9.94. The van der Waals surface area contributed by atoms with Crippen molar-refractivity contribution in [2.24, 2.45) is 0 Å². The number of nitrogens with one attached hydrogen (secondary N) is 1. The molecule has 0 radical (unpaired) electrons. The van der Waals surface area contributed by atoms with Crippen LogP contribution >= 0.6 is 11.3 Å². The van der Waals surface area contributed by atoms with E-state index >= 15 is 0 Å². The molecule has 0 aromatic carbocycles. The molecule has 2 aromatic rings. The van der Waals surface area contributed by atoms with Gasteiger partial charge >= 0.3 is 0 Å². The Kier molecular flexibility index (Phi) is 4.05. The van der Waals surface area contributed by atoms with Crippen LogP contribution in [0, 0.1) is 0 Å². The van der Waals surface area contributed by atoms with Gasteiger partial charge in [0.05, 0.1) is 5.39 Å². The summed E-state index contributed by atoms with van der Waals surface area (Å²) in [7, 11) is 1.88. The highest BCUT2D eigenvalue weighted by Gasteiger charge is 2.23. The van der Waals surface area contributed by atoms with Crippen molar-refractivity contribution in [1.82, 2.24) is 9.97 Å². The molecule has 108 valence electrons. The van der Waals surface area contributed by atoms with Crippen molar-refractivity contribution in [3.63, 3.8) is 0 Å². The second kappa shape index (κ2) is 5.95. The molecule has 1 aliphatic carbocycles. The first kappa shape index (κ1) is 13.6. The average Bonchev–Trinajstić information content (AvgIpc) is 2.97. The van der Waals surface area contributed by atoms with Crippen LogP contribution in [0.1, 0.15) is 39.0 Å². The molecule has 2 aromatic heterocycles. The van der Waals surface area contributed by atoms with Gasteiger partial charge < -0.3 is 10.2 Å². The number of thiophene rings is 1. The van der Waals surface area contributed by atoms with Crippen molar-refractivity contribution in [2.75, 3.05) is 23.8 Å². The van der Waals surface area contributed by atoms with Crippen LogP contribution in [0.25, 0.3) is 10.2 Å². The van der Waals surface area contributed by atoms with E-state index in [9.17, 15) is 0 Å². The Labute approximate surface area is 124 Å². The second-order valence-electron chi connectivity index (χ2n) is 5.34. The van der Waals surface area contributed by atoms with Gasteiger partial charge in [-0.1, -0.05) is 19.3 Å². The minimum Gasteiger partial charge on any atom is -0.357 e. The van der Waals surface area contributed by atoms with Crippen molar-refractivity contribution >= 4 is 33.3 Å². The zero-order valence-corrected chi connectivity index (χ0v) is 13.0. The van der Waals surface area contributed by atoms with Crippen LogP contribution in [0.4, 0.5) is 11.8 Å². The summed E-state index contributed by atoms with van der Waals surface area (Å²) in [6.45, 7) is 3.24. The Morgan fingerprint density at radius 3 is 2.80 bits per heavy atom. The van der Waals surface area contributed by atoms with Gasteiger partial charge in [0, 0.05) is 19.6 Å². The zero-order valence-electron chi connectivity index (χ0n) is 12.2. The van der Waals surface area contributed by atoms with Gasteiger partial charge in [-0.25, -0.2) is 4.98 Å². The molecule has 0 amide bonds. The second-order valence-corrected chi connectivity index (χ2v) is 6.23. The predicted molar refractivity (Wildman–Crippen MR) is 86.9 cm³/mol. The highest BCUT2D eigenvalue weighted by molar-refractivity contribution is 7.16. The Bertz CT molecular complexity index is 574. The van der Waals surface area contributed by atoms with Gasteiger partial charge in [0.25, 0.3) is 0 Å². The molecule has 2 heterocycles. The standard InChI is InChI=1S/C15H22N4S/c1-3-19(11-7-5-4-6-8-11)13-12-9-10-20-14(12)18-15(16-2)17-13/h9-11H,3-8H2,1-2H3,(H,16,17,18). The van der Waals surface area contributed by atoms with Crippen LogP contribution in [-0.2, 0) is 0 Å². The van der Waals surface area contributed by atoms with Crippen LogP contribution in [-0.4, -0.2) is 29.6 Å². The zero-order chi connectivity index (χ0) is 13.9. The third-order valence-electron chi connectivity index (χ3n) is 4.16. The Hall–Kier alpha value is -1.36. The number of anilines is 2. The molecule has 0 aliphatic heterocycles. The smallest absolute Gasteiger partial charge is 0.225 e. The van der Waals surface area contributed by atoms with E-state index in [1.165, 1.54) is 37.5 Å². The molecule has 0 bridgehead atoms. The van der Waals surface area contributed by atoms with Gasteiger partial charge in [0.1, 0.15) is 10.6 Å². The molecular formula is C15H22N4S. The molecular weight excluding hydrogens is 268 g/mol. The van der Waals surface area contributed by atoms with Crippen molar-refractivity contribution in [2.45, 2.75) is 45.1 Å². The average molecular weight is 290 g/mol. The van der Waals surface area contributed by atoms with E-state index in [-0.39, 0.29) is 0 Å². The first-order valence-electron chi connectivity index (χ1n) is 7.53. The number of hydrogen-bond acceptors (Lipinski definition) is 5. The van der Waals surface area contributed by atoms with E-state index in [1.807, 2.05) is 7.05 Å². The van der Waals surface area contributed by atoms with E-state index in [0.717, 1.165) is 23.1 Å². The summed E-state index contributed by atoms with van der Waals surface area (Å²) in [6, 6.07) is 2.79. The fraction of sp³-hybridized carbons (Fsp3) is 0.600. The number of rotatable bonds is 4. The summed E-state index contributed by atoms with van der Waals surface area (Å²) in [4.78, 5) is 12.9. The lowest BCUT2D eigenvalue weighted by molar-refractivity contribution is 0.417. The maximum absolute atomic E-state index is 4.75. The van der Waals surface area contributed by atoms with E-state index in [4.69, 9.17) is 4.98 Å². The molecule has 1 saturated carbocycles. The van der Waals surface area contributed by atoms with Crippen LogP contribution < -0.4 is 10.2 Å². The topological polar surface area (TPSA) is 41.1 Å². The summed E-state index contributed by atoms with van der Waals surface area (Å²) in [5.41, 5.74) is 0. The SMILES string of the molecule is CCN(c1nc(NC)nc2sccc12)C1CCCCC1. The Morgan fingerprint density at radius 2 is 2.10 bits per heavy atom. The van der Waals surface area contributed by atoms with Gasteiger partial charge in [-0.3, -0.25) is 0 Å². The van der Waals surface area contributed by atoms with Crippen molar-refractivity contribution < 1.29 is 0 Å². The molecule has 0 atom stereocenters. The van der Waals surface area contributed by atoms with Gasteiger partial charge in [-0.15, -0.1) is 11.3 Å². The van der Waals surface area contributed by atoms with Crippen LogP contribution in [0.3, 0.4) is 0 Å². The lowest BCUT2D eigenvalue weighted by Gasteiger charge is -2.34. The highest BCUT2D eigenvalue weighted by atomic mass is 32.1. The summed E-state index contributed by atoms with van der Waals surface area (Å²) in [5, 5.41) is 6.39. The molecule has 1 aliphatic rings. The van der Waals surface area contributed by atoms with Crippen LogP contribution in [0.15, 0.2) is 11.4 Å². The Balaban J connectivity index is 2.03. The maximum Gasteiger partial charge on any atom is 0.225 e. The molecule has 5 heteroatoms. The maximum atomic E-state index is 4.75. The highest BCUT2D eigenvalue weighted by Crippen LogP contribution is 2.33. The molecule has 0 saturated heterocycles. The molecule has 1 N–H and O–H groups in total. The van der Waals surface area contributed by atoms with Gasteiger partial charge in [0.15, 0.2) is 0 Å². The summed E-state index contributed by atoms with van der Waals surface area (Å²) < 4.78 is 0. The summed E-state index contributed by atoms with van der Waals surface area (Å²) >= 11 is 1.69. The molecule has 0 unspecified atom stereocenters. The van der Waals surface area contributed by atoms with Gasteiger partial charge in [-0.2, -0.15) is 4.98 Å². The predicted octanol–water partition coefficient (Wildman–Crippen LogP) is 3.89. The van der Waals surface area contributed by atoms with E-state index in [0.29, 0.717) is 6.04 Å². The quantitative estimate of drug-likeness (QED) is 0.927. The van der Waals surface area contributed by atoms with Gasteiger partial charge in [-0.05, 0) is 31.2 Å². The number of hydrogen-bond donors (Lipinski definition) is 1. The van der Waals surface area contributed by atoms with E-state index in [2.05, 4.69) is 33.6 Å². The number of nitrogens with zero attached hydrogens (tertiary/aromatic N) is 3. The Morgan fingerprint density at radius 1 is 1.30 bits per heavy atom. The molecule has 0 spiro atoms. The van der Waals surface area contributed by atoms with E-state index in [1.54, 1.807) is 11.3 Å². The fourth-order valence-electron chi connectivity index (χ4n) is 3.14. The first-order valence-corrected chi connectivity index (χ1v) is 8.41. The van der Waals surface area contributed by atoms with Gasteiger partial charge in [0.2, 0.25) is 5.95 Å². The third-order valence-corrected chi connectivity index (χ3v) is 4.96. The first-order chi connectivity index (χ1) is 9.83. The summed E-state index contributed by atoms with van der Waals surface area (Å²) in [6.07, 6.45) is 6.65. The van der Waals surface area contributed by atoms with E-state index < -0.39 is 0 Å². The van der Waals surface area contributed by atoms with Crippen molar-refractivity contribution in [1.29, 1.82) is 0 Å². The molecule has 3 rings (SSSR count). The largest absolute Gasteiger partial charge is 0.357 e. The van der Waals surface area contributed by atoms with Crippen molar-refractivity contribution in [3.05, 3.63) is 11.4 Å². The lowest BCUT2D eigenvalue weighted by Crippen LogP contribution is -2.37. The molecule has 20 heavy (non-hydrogen) atoms. The minimum atomic E-state index is 0.636. The van der Waals surface area contributed by atoms with Crippen LogP contribution in [0.2, 0.25) is 0 Å². The number of aromatic nitrogens is 2. The normalized spacial score (nSPS) is 16.5. The fourth-order valence-corrected chi connectivity index (χ4v) is 3.90. The summed E-state index contributed by atoms with van der Waals surface area (Å²) in [5.74, 6) is 1.83. The van der Waals surface area contributed by atoms with Crippen molar-refractivity contribution in [3.8, 4) is 0 Å². The third kappa shape index (κ3) is 2.46. The minimum absolute atomic E-state index is 0.636.